The van der Waals surface area contributed by atoms with E-state index in [1.54, 1.807) is 0 Å². The predicted octanol–water partition coefficient (Wildman–Crippen LogP) is 3.79. The van der Waals surface area contributed by atoms with Gasteiger partial charge in [-0.25, -0.2) is 9.97 Å². The van der Waals surface area contributed by atoms with Gasteiger partial charge in [0.2, 0.25) is 0 Å². The van der Waals surface area contributed by atoms with Crippen LogP contribution in [0.5, 0.6) is 0 Å². The zero-order valence-corrected chi connectivity index (χ0v) is 14.2. The second kappa shape index (κ2) is 7.07. The minimum absolute atomic E-state index is 0.572. The Morgan fingerprint density at radius 2 is 2.29 bits per heavy atom. The lowest BCUT2D eigenvalue weighted by Gasteiger charge is -2.08. The van der Waals surface area contributed by atoms with Crippen molar-refractivity contribution in [2.75, 3.05) is 19.1 Å². The molecule has 0 N–H and O–H groups in total. The van der Waals surface area contributed by atoms with E-state index in [1.807, 2.05) is 12.3 Å². The highest BCUT2D eigenvalue weighted by atomic mass is 79.9. The molecule has 0 radical (unpaired) electrons. The van der Waals surface area contributed by atoms with Gasteiger partial charge in [0.25, 0.3) is 0 Å². The van der Waals surface area contributed by atoms with Gasteiger partial charge in [-0.1, -0.05) is 0 Å². The first-order chi connectivity index (χ1) is 10.3. The number of pyridine rings is 1. The highest BCUT2D eigenvalue weighted by Crippen LogP contribution is 2.28. The average Bonchev–Trinajstić information content (AvgIpc) is 3.22. The molecule has 0 bridgehead atoms. The molecule has 0 saturated heterocycles. The molecule has 0 atom stereocenters. The minimum Gasteiger partial charge on any atom is -0.381 e. The number of hydrogen-bond donors (Lipinski definition) is 0. The van der Waals surface area contributed by atoms with Crippen LogP contribution < -0.4 is 0 Å². The molecule has 0 aliphatic heterocycles. The van der Waals surface area contributed by atoms with E-state index >= 15 is 0 Å². The van der Waals surface area contributed by atoms with E-state index in [0.29, 0.717) is 5.88 Å². The average molecular weight is 373 g/mol. The number of aryl methyl sites for hydroxylation is 2. The molecular formula is C15H19BrClN3O. The van der Waals surface area contributed by atoms with Gasteiger partial charge in [-0.2, -0.15) is 0 Å². The Bertz CT molecular complexity index is 612. The number of halogens is 2. The summed E-state index contributed by atoms with van der Waals surface area (Å²) in [6.07, 6.45) is 6.23. The number of hydrogen-bond acceptors (Lipinski definition) is 3. The summed E-state index contributed by atoms with van der Waals surface area (Å²) in [5.74, 6) is 2.40. The molecule has 114 valence electrons. The highest BCUT2D eigenvalue weighted by molar-refractivity contribution is 9.10. The van der Waals surface area contributed by atoms with Crippen molar-refractivity contribution in [1.82, 2.24) is 14.5 Å². The van der Waals surface area contributed by atoms with Gasteiger partial charge in [-0.15, -0.1) is 11.6 Å². The first-order valence-electron chi connectivity index (χ1n) is 7.42. The SMILES string of the molecule is ClCCc1nc2cc(Br)cnc2n1CCCOCC1CC1. The van der Waals surface area contributed by atoms with Crippen LogP contribution in [0.2, 0.25) is 0 Å². The summed E-state index contributed by atoms with van der Waals surface area (Å²) in [4.78, 5) is 9.14. The van der Waals surface area contributed by atoms with Crippen LogP contribution in [0.1, 0.15) is 25.1 Å². The number of ether oxygens (including phenoxy) is 1. The number of rotatable bonds is 8. The van der Waals surface area contributed by atoms with Crippen molar-refractivity contribution >= 4 is 38.7 Å². The molecule has 6 heteroatoms. The van der Waals surface area contributed by atoms with Crippen molar-refractivity contribution in [3.8, 4) is 0 Å². The van der Waals surface area contributed by atoms with Gasteiger partial charge in [0, 0.05) is 42.7 Å². The molecule has 3 rings (SSSR count). The fourth-order valence-corrected chi connectivity index (χ4v) is 2.89. The maximum atomic E-state index is 5.88. The third kappa shape index (κ3) is 3.96. The van der Waals surface area contributed by atoms with Crippen molar-refractivity contribution in [3.05, 3.63) is 22.6 Å². The maximum absolute atomic E-state index is 5.88. The van der Waals surface area contributed by atoms with Gasteiger partial charge in [-0.3, -0.25) is 0 Å². The molecule has 2 aromatic heterocycles. The molecule has 1 aliphatic rings. The van der Waals surface area contributed by atoms with Crippen molar-refractivity contribution < 1.29 is 4.74 Å². The largest absolute Gasteiger partial charge is 0.381 e. The van der Waals surface area contributed by atoms with Gasteiger partial charge < -0.3 is 9.30 Å². The summed E-state index contributed by atoms with van der Waals surface area (Å²) < 4.78 is 8.82. The van der Waals surface area contributed by atoms with Crippen LogP contribution in [0.4, 0.5) is 0 Å². The van der Waals surface area contributed by atoms with Crippen molar-refractivity contribution in [2.45, 2.75) is 32.2 Å². The Morgan fingerprint density at radius 3 is 3.05 bits per heavy atom. The van der Waals surface area contributed by atoms with E-state index in [1.165, 1.54) is 12.8 Å². The van der Waals surface area contributed by atoms with E-state index in [9.17, 15) is 0 Å². The van der Waals surface area contributed by atoms with E-state index in [-0.39, 0.29) is 0 Å². The number of nitrogens with zero attached hydrogens (tertiary/aromatic N) is 3. The molecule has 0 aromatic carbocycles. The van der Waals surface area contributed by atoms with Gasteiger partial charge in [0.05, 0.1) is 0 Å². The summed E-state index contributed by atoms with van der Waals surface area (Å²) in [5, 5.41) is 0. The highest BCUT2D eigenvalue weighted by Gasteiger charge is 2.21. The molecule has 2 aromatic rings. The van der Waals surface area contributed by atoms with Crippen LogP contribution in [0.15, 0.2) is 16.7 Å². The third-order valence-electron chi connectivity index (χ3n) is 3.67. The smallest absolute Gasteiger partial charge is 0.160 e. The zero-order chi connectivity index (χ0) is 14.7. The first-order valence-corrected chi connectivity index (χ1v) is 8.75. The Labute approximate surface area is 138 Å². The second-order valence-corrected chi connectivity index (χ2v) is 6.78. The fraction of sp³-hybridized carbons (Fsp3) is 0.600. The van der Waals surface area contributed by atoms with Crippen LogP contribution in [-0.2, 0) is 17.7 Å². The predicted molar refractivity (Wildman–Crippen MR) is 87.8 cm³/mol. The molecule has 0 spiro atoms. The van der Waals surface area contributed by atoms with Gasteiger partial charge in [0.1, 0.15) is 11.3 Å². The molecule has 1 saturated carbocycles. The lowest BCUT2D eigenvalue weighted by atomic mass is 10.4. The summed E-state index contributed by atoms with van der Waals surface area (Å²) in [7, 11) is 0. The lowest BCUT2D eigenvalue weighted by molar-refractivity contribution is 0.119. The van der Waals surface area contributed by atoms with Crippen LogP contribution in [-0.4, -0.2) is 33.6 Å². The standard InChI is InChI=1S/C15H19BrClN3O/c16-12-8-13-15(18-9-12)20(14(19-13)4-5-17)6-1-7-21-10-11-2-3-11/h8-9,11H,1-7,10H2. The van der Waals surface area contributed by atoms with E-state index < -0.39 is 0 Å². The number of alkyl halides is 1. The number of aromatic nitrogens is 3. The molecule has 21 heavy (non-hydrogen) atoms. The van der Waals surface area contributed by atoms with E-state index in [0.717, 1.165) is 60.0 Å². The van der Waals surface area contributed by atoms with Crippen LogP contribution in [0.3, 0.4) is 0 Å². The molecule has 1 aliphatic carbocycles. The second-order valence-electron chi connectivity index (χ2n) is 5.49. The van der Waals surface area contributed by atoms with Crippen LogP contribution in [0.25, 0.3) is 11.2 Å². The Kier molecular flexibility index (Phi) is 5.14. The Morgan fingerprint density at radius 1 is 1.43 bits per heavy atom. The fourth-order valence-electron chi connectivity index (χ4n) is 2.40. The molecular weight excluding hydrogens is 354 g/mol. The van der Waals surface area contributed by atoms with Crippen LogP contribution in [0, 0.1) is 5.92 Å². The Hall–Kier alpha value is -0.650. The van der Waals surface area contributed by atoms with Crippen molar-refractivity contribution in [3.63, 3.8) is 0 Å². The van der Waals surface area contributed by atoms with Gasteiger partial charge in [0.15, 0.2) is 5.65 Å². The molecule has 2 heterocycles. The molecule has 0 unspecified atom stereocenters. The zero-order valence-electron chi connectivity index (χ0n) is 11.9. The normalized spacial score (nSPS) is 15.0. The topological polar surface area (TPSA) is 39.9 Å². The molecule has 0 amide bonds. The van der Waals surface area contributed by atoms with Gasteiger partial charge in [-0.05, 0) is 47.2 Å². The summed E-state index contributed by atoms with van der Waals surface area (Å²) in [6, 6.07) is 2.00. The minimum atomic E-state index is 0.572. The van der Waals surface area contributed by atoms with Crippen molar-refractivity contribution in [2.24, 2.45) is 5.92 Å². The van der Waals surface area contributed by atoms with E-state index in [2.05, 4.69) is 30.5 Å². The van der Waals surface area contributed by atoms with Crippen molar-refractivity contribution in [1.29, 1.82) is 0 Å². The molecule has 4 nitrogen and oxygen atoms in total. The maximum Gasteiger partial charge on any atom is 0.160 e. The van der Waals surface area contributed by atoms with Crippen LogP contribution >= 0.6 is 27.5 Å². The summed E-state index contributed by atoms with van der Waals surface area (Å²) in [5.41, 5.74) is 1.85. The Balaban J connectivity index is 1.67. The summed E-state index contributed by atoms with van der Waals surface area (Å²) in [6.45, 7) is 2.60. The quantitative estimate of drug-likeness (QED) is 0.523. The monoisotopic (exact) mass is 371 g/mol. The summed E-state index contributed by atoms with van der Waals surface area (Å²) >= 11 is 9.32. The molecule has 1 fully saturated rings. The lowest BCUT2D eigenvalue weighted by Crippen LogP contribution is -2.08. The first kappa shape index (κ1) is 15.3. The van der Waals surface area contributed by atoms with E-state index in [4.69, 9.17) is 16.3 Å². The third-order valence-corrected chi connectivity index (χ3v) is 4.29. The number of imidazole rings is 1. The van der Waals surface area contributed by atoms with Gasteiger partial charge >= 0.3 is 0 Å². The number of fused-ring (bicyclic) bond motifs is 1.